The van der Waals surface area contributed by atoms with E-state index < -0.39 is 24.4 Å². The Morgan fingerprint density at radius 2 is 2.00 bits per heavy atom. The van der Waals surface area contributed by atoms with Crippen molar-refractivity contribution in [2.24, 2.45) is 5.41 Å². The van der Waals surface area contributed by atoms with Crippen molar-refractivity contribution in [2.75, 3.05) is 26.9 Å². The predicted molar refractivity (Wildman–Crippen MR) is 135 cm³/mol. The number of amides is 1. The summed E-state index contributed by atoms with van der Waals surface area (Å²) < 4.78 is 19.5. The van der Waals surface area contributed by atoms with E-state index in [1.165, 1.54) is 13.2 Å². The number of fused-ring (bicyclic) bond motifs is 5. The van der Waals surface area contributed by atoms with Gasteiger partial charge < -0.3 is 24.8 Å². The highest BCUT2D eigenvalue weighted by atomic mass is 19.1. The maximum atomic E-state index is 14.4. The Hall–Kier alpha value is -3.49. The van der Waals surface area contributed by atoms with Gasteiger partial charge >= 0.3 is 0 Å². The predicted octanol–water partition coefficient (Wildman–Crippen LogP) is 3.72. The molecule has 1 aliphatic rings. The third kappa shape index (κ3) is 3.90. The van der Waals surface area contributed by atoms with Gasteiger partial charge in [0.1, 0.15) is 0 Å². The molecule has 0 aliphatic carbocycles. The van der Waals surface area contributed by atoms with Gasteiger partial charge in [0.2, 0.25) is 5.91 Å². The standard InChI is InChI=1S/C28H30FN3O4/c1-3-28(15-33,16-34)27(35)32-11-10-19-23(14-32)30-22(13-17-8-9-24(36-2)20(29)12-17)26-25(19)18-6-4-5-7-21(18)31-26/h4-9,12,31,33-34H,3,10-11,13-16H2,1-2H3. The number of pyridine rings is 1. The quantitative estimate of drug-likeness (QED) is 0.366. The highest BCUT2D eigenvalue weighted by Crippen LogP contribution is 2.36. The van der Waals surface area contributed by atoms with E-state index in [1.807, 2.05) is 24.3 Å². The lowest BCUT2D eigenvalue weighted by molar-refractivity contribution is -0.149. The molecule has 1 amide bonds. The maximum Gasteiger partial charge on any atom is 0.233 e. The van der Waals surface area contributed by atoms with Crippen LogP contribution < -0.4 is 4.74 Å². The Bertz CT molecular complexity index is 1440. The molecule has 188 valence electrons. The first-order valence-corrected chi connectivity index (χ1v) is 12.2. The molecule has 1 aliphatic heterocycles. The van der Waals surface area contributed by atoms with E-state index in [4.69, 9.17) is 9.72 Å². The molecule has 0 atom stereocenters. The molecule has 3 heterocycles. The number of aliphatic hydroxyl groups is 2. The van der Waals surface area contributed by atoms with Gasteiger partial charge in [-0.05, 0) is 42.2 Å². The monoisotopic (exact) mass is 491 g/mol. The molecule has 2 aromatic heterocycles. The van der Waals surface area contributed by atoms with E-state index in [2.05, 4.69) is 11.1 Å². The number of aliphatic hydroxyl groups excluding tert-OH is 2. The summed E-state index contributed by atoms with van der Waals surface area (Å²) >= 11 is 0. The van der Waals surface area contributed by atoms with Crippen molar-refractivity contribution in [3.63, 3.8) is 0 Å². The maximum absolute atomic E-state index is 14.4. The summed E-state index contributed by atoms with van der Waals surface area (Å²) in [5, 5.41) is 22.0. The highest BCUT2D eigenvalue weighted by Gasteiger charge is 2.40. The zero-order valence-electron chi connectivity index (χ0n) is 20.5. The second-order valence-electron chi connectivity index (χ2n) is 9.48. The molecule has 5 rings (SSSR count). The SMILES string of the molecule is CCC(CO)(CO)C(=O)N1CCc2c(nc(Cc3ccc(OC)c(F)c3)c3[nH]c4ccccc4c23)C1. The van der Waals surface area contributed by atoms with Crippen molar-refractivity contribution in [1.29, 1.82) is 0 Å². The number of aromatic nitrogens is 2. The van der Waals surface area contributed by atoms with Crippen LogP contribution in [0.3, 0.4) is 0 Å². The zero-order valence-corrected chi connectivity index (χ0v) is 20.5. The first kappa shape index (κ1) is 24.2. The van der Waals surface area contributed by atoms with Crippen molar-refractivity contribution in [3.05, 3.63) is 70.8 Å². The van der Waals surface area contributed by atoms with Crippen molar-refractivity contribution >= 4 is 27.7 Å². The number of aromatic amines is 1. The van der Waals surface area contributed by atoms with Crippen LogP contribution in [0.5, 0.6) is 5.75 Å². The average molecular weight is 492 g/mol. The van der Waals surface area contributed by atoms with Gasteiger partial charge in [0.25, 0.3) is 0 Å². The molecule has 0 radical (unpaired) electrons. The summed E-state index contributed by atoms with van der Waals surface area (Å²) in [6.45, 7) is 1.74. The van der Waals surface area contributed by atoms with Crippen LogP contribution in [-0.4, -0.2) is 57.9 Å². The van der Waals surface area contributed by atoms with Gasteiger partial charge in [-0.2, -0.15) is 0 Å². The number of para-hydroxylation sites is 1. The lowest BCUT2D eigenvalue weighted by Gasteiger charge is -2.36. The summed E-state index contributed by atoms with van der Waals surface area (Å²) in [6.07, 6.45) is 1.35. The molecule has 0 unspecified atom stereocenters. The van der Waals surface area contributed by atoms with Crippen molar-refractivity contribution < 1.29 is 24.1 Å². The second kappa shape index (κ2) is 9.52. The van der Waals surface area contributed by atoms with Crippen molar-refractivity contribution in [1.82, 2.24) is 14.9 Å². The number of rotatable bonds is 7. The number of halogens is 1. The minimum atomic E-state index is -1.20. The van der Waals surface area contributed by atoms with Crippen LogP contribution in [0.2, 0.25) is 0 Å². The van der Waals surface area contributed by atoms with Crippen LogP contribution >= 0.6 is 0 Å². The third-order valence-electron chi connectivity index (χ3n) is 7.50. The second-order valence-corrected chi connectivity index (χ2v) is 9.48. The molecule has 0 saturated heterocycles. The minimum absolute atomic E-state index is 0.189. The fourth-order valence-corrected chi connectivity index (χ4v) is 5.22. The van der Waals surface area contributed by atoms with Crippen LogP contribution in [0.4, 0.5) is 4.39 Å². The Labute approximate surface area is 208 Å². The molecule has 8 heteroatoms. The van der Waals surface area contributed by atoms with Crippen LogP contribution in [0.1, 0.15) is 35.9 Å². The number of carbonyl (C=O) groups excluding carboxylic acids is 1. The number of H-pyrrole nitrogens is 1. The van der Waals surface area contributed by atoms with Gasteiger partial charge in [0.05, 0.1) is 49.2 Å². The number of ether oxygens (including phenoxy) is 1. The molecule has 0 saturated carbocycles. The van der Waals surface area contributed by atoms with Crippen molar-refractivity contribution in [3.8, 4) is 5.75 Å². The fourth-order valence-electron chi connectivity index (χ4n) is 5.22. The van der Waals surface area contributed by atoms with E-state index in [0.29, 0.717) is 25.8 Å². The Kier molecular flexibility index (Phi) is 6.40. The highest BCUT2D eigenvalue weighted by molar-refractivity contribution is 6.10. The number of nitrogens with one attached hydrogen (secondary N) is 1. The van der Waals surface area contributed by atoms with Crippen LogP contribution in [0.25, 0.3) is 21.8 Å². The number of methoxy groups -OCH3 is 1. The Morgan fingerprint density at radius 3 is 2.69 bits per heavy atom. The molecule has 36 heavy (non-hydrogen) atoms. The van der Waals surface area contributed by atoms with E-state index >= 15 is 0 Å². The summed E-state index contributed by atoms with van der Waals surface area (Å²) in [5.74, 6) is -0.504. The van der Waals surface area contributed by atoms with Gasteiger partial charge in [-0.15, -0.1) is 0 Å². The van der Waals surface area contributed by atoms with E-state index in [0.717, 1.165) is 44.3 Å². The Morgan fingerprint density at radius 1 is 1.22 bits per heavy atom. The zero-order chi connectivity index (χ0) is 25.4. The van der Waals surface area contributed by atoms with Crippen LogP contribution in [-0.2, 0) is 24.2 Å². The van der Waals surface area contributed by atoms with Gasteiger partial charge in [0.15, 0.2) is 11.6 Å². The molecular formula is C28H30FN3O4. The first-order valence-electron chi connectivity index (χ1n) is 12.2. The van der Waals surface area contributed by atoms with Crippen LogP contribution in [0, 0.1) is 11.2 Å². The molecule has 0 bridgehead atoms. The number of hydrogen-bond donors (Lipinski definition) is 3. The van der Waals surface area contributed by atoms with Crippen LogP contribution in [0.15, 0.2) is 42.5 Å². The number of hydrogen-bond acceptors (Lipinski definition) is 5. The van der Waals surface area contributed by atoms with Gasteiger partial charge in [-0.1, -0.05) is 31.2 Å². The average Bonchev–Trinajstić information content (AvgIpc) is 3.30. The van der Waals surface area contributed by atoms with Crippen molar-refractivity contribution in [2.45, 2.75) is 32.7 Å². The Balaban J connectivity index is 1.61. The number of carbonyl (C=O) groups is 1. The largest absolute Gasteiger partial charge is 0.494 e. The number of benzene rings is 2. The molecule has 0 spiro atoms. The van der Waals surface area contributed by atoms with Gasteiger partial charge in [-0.3, -0.25) is 9.78 Å². The first-order chi connectivity index (χ1) is 17.4. The molecule has 2 aromatic carbocycles. The van der Waals surface area contributed by atoms with E-state index in [1.54, 1.807) is 17.9 Å². The normalized spacial score (nSPS) is 13.9. The molecule has 0 fully saturated rings. The van der Waals surface area contributed by atoms with E-state index in [-0.39, 0.29) is 18.2 Å². The van der Waals surface area contributed by atoms with E-state index in [9.17, 15) is 19.4 Å². The summed E-state index contributed by atoms with van der Waals surface area (Å²) in [4.78, 5) is 23.5. The smallest absolute Gasteiger partial charge is 0.233 e. The summed E-state index contributed by atoms with van der Waals surface area (Å²) in [6, 6.07) is 13.0. The molecule has 7 nitrogen and oxygen atoms in total. The number of nitrogens with zero attached hydrogens (tertiary/aromatic N) is 2. The minimum Gasteiger partial charge on any atom is -0.494 e. The summed E-state index contributed by atoms with van der Waals surface area (Å²) in [7, 11) is 1.44. The lowest BCUT2D eigenvalue weighted by atomic mass is 9.84. The van der Waals surface area contributed by atoms with Gasteiger partial charge in [-0.25, -0.2) is 4.39 Å². The third-order valence-corrected chi connectivity index (χ3v) is 7.50. The molecular weight excluding hydrogens is 461 g/mol. The summed E-state index contributed by atoms with van der Waals surface area (Å²) in [5.41, 5.74) is 4.11. The molecule has 4 aromatic rings. The lowest BCUT2D eigenvalue weighted by Crippen LogP contribution is -2.49. The molecule has 3 N–H and O–H groups in total. The topological polar surface area (TPSA) is 98.7 Å². The fraction of sp³-hybridized carbons (Fsp3) is 0.357. The van der Waals surface area contributed by atoms with Gasteiger partial charge in [0, 0.05) is 29.3 Å².